The van der Waals surface area contributed by atoms with Crippen molar-refractivity contribution in [2.75, 3.05) is 5.32 Å². The molecule has 2 aromatic rings. The van der Waals surface area contributed by atoms with E-state index in [1.807, 2.05) is 6.92 Å². The van der Waals surface area contributed by atoms with Crippen LogP contribution in [0.1, 0.15) is 16.2 Å². The zero-order valence-electron chi connectivity index (χ0n) is 9.94. The van der Waals surface area contributed by atoms with E-state index in [1.54, 1.807) is 23.9 Å². The van der Waals surface area contributed by atoms with Crippen molar-refractivity contribution in [2.24, 2.45) is 7.05 Å². The van der Waals surface area contributed by atoms with Gasteiger partial charge in [-0.3, -0.25) is 9.48 Å². The number of aromatic nitrogens is 2. The van der Waals surface area contributed by atoms with Gasteiger partial charge in [-0.2, -0.15) is 5.10 Å². The Morgan fingerprint density at radius 1 is 1.44 bits per heavy atom. The third-order valence-corrected chi connectivity index (χ3v) is 2.85. The highest BCUT2D eigenvalue weighted by molar-refractivity contribution is 6.32. The van der Waals surface area contributed by atoms with E-state index >= 15 is 0 Å². The van der Waals surface area contributed by atoms with Gasteiger partial charge in [0.2, 0.25) is 0 Å². The summed E-state index contributed by atoms with van der Waals surface area (Å²) in [6.45, 7) is 1.86. The zero-order chi connectivity index (χ0) is 13.3. The second-order valence-electron chi connectivity index (χ2n) is 3.91. The molecule has 0 bridgehead atoms. The first-order valence-electron chi connectivity index (χ1n) is 5.28. The highest BCUT2D eigenvalue weighted by Gasteiger charge is 2.11. The molecule has 6 heteroatoms. The summed E-state index contributed by atoms with van der Waals surface area (Å²) in [6.07, 6.45) is 0. The summed E-state index contributed by atoms with van der Waals surface area (Å²) in [5.74, 6) is -0.344. The number of hydrogen-bond donors (Lipinski definition) is 2. The predicted molar refractivity (Wildman–Crippen MR) is 69.0 cm³/mol. The first-order valence-corrected chi connectivity index (χ1v) is 5.65. The lowest BCUT2D eigenvalue weighted by Gasteiger charge is -2.04. The minimum absolute atomic E-state index is 0.0247. The molecule has 0 aliphatic carbocycles. The second-order valence-corrected chi connectivity index (χ2v) is 4.32. The normalized spacial score (nSPS) is 10.4. The number of benzene rings is 1. The Morgan fingerprint density at radius 2 is 2.17 bits per heavy atom. The zero-order valence-corrected chi connectivity index (χ0v) is 10.7. The van der Waals surface area contributed by atoms with Crippen LogP contribution in [0.15, 0.2) is 24.3 Å². The van der Waals surface area contributed by atoms with Gasteiger partial charge >= 0.3 is 0 Å². The number of amides is 1. The number of nitrogens with zero attached hydrogens (tertiary/aromatic N) is 2. The molecule has 0 aliphatic rings. The molecule has 0 atom stereocenters. The summed E-state index contributed by atoms with van der Waals surface area (Å²) in [4.78, 5) is 11.9. The Labute approximate surface area is 109 Å². The van der Waals surface area contributed by atoms with Crippen LogP contribution < -0.4 is 5.32 Å². The van der Waals surface area contributed by atoms with Gasteiger partial charge in [0.05, 0.1) is 5.02 Å². The third kappa shape index (κ3) is 2.46. The molecule has 2 rings (SSSR count). The Kier molecular flexibility index (Phi) is 3.25. The van der Waals surface area contributed by atoms with Crippen molar-refractivity contribution in [3.63, 3.8) is 0 Å². The average molecular weight is 266 g/mol. The smallest absolute Gasteiger partial charge is 0.276 e. The summed E-state index contributed by atoms with van der Waals surface area (Å²) in [5, 5.41) is 16.2. The van der Waals surface area contributed by atoms with Crippen molar-refractivity contribution in [2.45, 2.75) is 6.92 Å². The Hall–Kier alpha value is -2.01. The van der Waals surface area contributed by atoms with Gasteiger partial charge in [-0.25, -0.2) is 0 Å². The van der Waals surface area contributed by atoms with Gasteiger partial charge in [-0.15, -0.1) is 0 Å². The molecule has 1 aromatic heterocycles. The number of aromatic hydroxyl groups is 1. The Bertz CT molecular complexity index is 588. The molecular weight excluding hydrogens is 254 g/mol. The maximum atomic E-state index is 11.9. The fourth-order valence-corrected chi connectivity index (χ4v) is 1.63. The van der Waals surface area contributed by atoms with E-state index in [-0.39, 0.29) is 16.7 Å². The number of rotatable bonds is 2. The molecule has 1 aromatic carbocycles. The first-order chi connectivity index (χ1) is 8.47. The topological polar surface area (TPSA) is 67.2 Å². The molecule has 0 aliphatic heterocycles. The fourth-order valence-electron chi connectivity index (χ4n) is 1.45. The molecule has 0 spiro atoms. The van der Waals surface area contributed by atoms with Crippen LogP contribution in [-0.2, 0) is 7.05 Å². The molecule has 1 heterocycles. The number of aryl methyl sites for hydroxylation is 2. The van der Waals surface area contributed by atoms with Crippen molar-refractivity contribution in [3.05, 3.63) is 40.7 Å². The van der Waals surface area contributed by atoms with Crippen LogP contribution in [0.2, 0.25) is 5.02 Å². The maximum Gasteiger partial charge on any atom is 0.276 e. The van der Waals surface area contributed by atoms with Crippen molar-refractivity contribution in [1.82, 2.24) is 9.78 Å². The molecular formula is C12H12ClN3O2. The fraction of sp³-hybridized carbons (Fsp3) is 0.167. The Morgan fingerprint density at radius 3 is 2.72 bits per heavy atom. The lowest BCUT2D eigenvalue weighted by Crippen LogP contribution is -2.12. The third-order valence-electron chi connectivity index (χ3n) is 2.55. The highest BCUT2D eigenvalue weighted by Crippen LogP contribution is 2.26. The SMILES string of the molecule is Cc1cc(C(=O)Nc2ccc(O)c(Cl)c2)nn1C. The van der Waals surface area contributed by atoms with Gasteiger partial charge < -0.3 is 10.4 Å². The molecule has 2 N–H and O–H groups in total. The molecule has 0 saturated carbocycles. The number of phenolic OH excluding ortho intramolecular Hbond substituents is 1. The summed E-state index contributed by atoms with van der Waals surface area (Å²) < 4.78 is 1.62. The van der Waals surface area contributed by atoms with Crippen molar-refractivity contribution < 1.29 is 9.90 Å². The van der Waals surface area contributed by atoms with Crippen LogP contribution in [0.5, 0.6) is 5.75 Å². The monoisotopic (exact) mass is 265 g/mol. The molecule has 94 valence electrons. The summed E-state index contributed by atoms with van der Waals surface area (Å²) in [5.41, 5.74) is 1.73. The lowest BCUT2D eigenvalue weighted by molar-refractivity contribution is 0.102. The number of halogens is 1. The quantitative estimate of drug-likeness (QED) is 0.819. The van der Waals surface area contributed by atoms with E-state index in [9.17, 15) is 9.90 Å². The molecule has 18 heavy (non-hydrogen) atoms. The predicted octanol–water partition coefficient (Wildman–Crippen LogP) is 2.34. The summed E-state index contributed by atoms with van der Waals surface area (Å²) >= 11 is 5.75. The van der Waals surface area contributed by atoms with E-state index in [0.717, 1.165) is 5.69 Å². The summed E-state index contributed by atoms with van der Waals surface area (Å²) in [7, 11) is 1.77. The number of carbonyl (C=O) groups excluding carboxylic acids is 1. The van der Waals surface area contributed by atoms with Crippen LogP contribution in [0.3, 0.4) is 0 Å². The lowest BCUT2D eigenvalue weighted by atomic mass is 10.3. The van der Waals surface area contributed by atoms with Gasteiger partial charge in [-0.05, 0) is 31.2 Å². The van der Waals surface area contributed by atoms with Gasteiger partial charge in [0.25, 0.3) is 5.91 Å². The van der Waals surface area contributed by atoms with E-state index in [4.69, 9.17) is 11.6 Å². The highest BCUT2D eigenvalue weighted by atomic mass is 35.5. The maximum absolute atomic E-state index is 11.9. The molecule has 0 fully saturated rings. The van der Waals surface area contributed by atoms with E-state index in [1.165, 1.54) is 12.1 Å². The Balaban J connectivity index is 2.18. The van der Waals surface area contributed by atoms with Gasteiger partial charge in [0.1, 0.15) is 5.75 Å². The van der Waals surface area contributed by atoms with Gasteiger partial charge in [0.15, 0.2) is 5.69 Å². The number of phenols is 1. The largest absolute Gasteiger partial charge is 0.506 e. The molecule has 0 radical (unpaired) electrons. The van der Waals surface area contributed by atoms with Crippen molar-refractivity contribution in [1.29, 1.82) is 0 Å². The molecule has 0 unspecified atom stereocenters. The van der Waals surface area contributed by atoms with Crippen molar-refractivity contribution in [3.8, 4) is 5.75 Å². The second kappa shape index (κ2) is 4.70. The number of anilines is 1. The van der Waals surface area contributed by atoms with Crippen molar-refractivity contribution >= 4 is 23.2 Å². The van der Waals surface area contributed by atoms with E-state index in [2.05, 4.69) is 10.4 Å². The van der Waals surface area contributed by atoms with Crippen LogP contribution in [-0.4, -0.2) is 20.8 Å². The first kappa shape index (κ1) is 12.4. The minimum Gasteiger partial charge on any atom is -0.506 e. The minimum atomic E-state index is -0.319. The molecule has 0 saturated heterocycles. The number of carbonyl (C=O) groups is 1. The standard InChI is InChI=1S/C12H12ClN3O2/c1-7-5-10(15-16(7)2)12(18)14-8-3-4-11(17)9(13)6-8/h3-6,17H,1-2H3,(H,14,18). The van der Waals surface area contributed by atoms with Gasteiger partial charge in [0, 0.05) is 18.4 Å². The number of hydrogen-bond acceptors (Lipinski definition) is 3. The molecule has 5 nitrogen and oxygen atoms in total. The molecule has 1 amide bonds. The van der Waals surface area contributed by atoms with E-state index < -0.39 is 0 Å². The van der Waals surface area contributed by atoms with Crippen LogP contribution >= 0.6 is 11.6 Å². The van der Waals surface area contributed by atoms with Crippen LogP contribution in [0.25, 0.3) is 0 Å². The average Bonchev–Trinajstić information content (AvgIpc) is 2.65. The van der Waals surface area contributed by atoms with Crippen LogP contribution in [0, 0.1) is 6.92 Å². The van der Waals surface area contributed by atoms with Crippen LogP contribution in [0.4, 0.5) is 5.69 Å². The summed E-state index contributed by atoms with van der Waals surface area (Å²) in [6, 6.07) is 6.15. The number of nitrogens with one attached hydrogen (secondary N) is 1. The van der Waals surface area contributed by atoms with Gasteiger partial charge in [-0.1, -0.05) is 11.6 Å². The van der Waals surface area contributed by atoms with E-state index in [0.29, 0.717) is 11.4 Å².